The summed E-state index contributed by atoms with van der Waals surface area (Å²) < 4.78 is 5.85. The highest BCUT2D eigenvalue weighted by Gasteiger charge is 2.47. The standard InChI is InChI=1S/C16H22N2O/c1-11-6-5-7-12-14(11)19-15(18)13(10-17)16(12)8-3-2-4-9-16/h11H,2-9,18H2,1H3. The molecule has 3 rings (SSSR count). The number of rotatable bonds is 0. The Bertz CT molecular complexity index is 489. The molecule has 0 bridgehead atoms. The SMILES string of the molecule is CC1CCCC2=C1OC(N)=C(C#N)C21CCCCC1. The maximum atomic E-state index is 9.54. The van der Waals surface area contributed by atoms with Gasteiger partial charge < -0.3 is 10.5 Å². The maximum absolute atomic E-state index is 9.54. The Morgan fingerprint density at radius 3 is 2.68 bits per heavy atom. The van der Waals surface area contributed by atoms with Gasteiger partial charge in [-0.3, -0.25) is 0 Å². The number of nitrogens with zero attached hydrogens (tertiary/aromatic N) is 1. The Hall–Kier alpha value is -1.43. The lowest BCUT2D eigenvalue weighted by Gasteiger charge is -2.45. The van der Waals surface area contributed by atoms with E-state index in [2.05, 4.69) is 13.0 Å². The molecule has 1 spiro atoms. The van der Waals surface area contributed by atoms with Crippen LogP contribution in [0.5, 0.6) is 0 Å². The summed E-state index contributed by atoms with van der Waals surface area (Å²) in [5.41, 5.74) is 8.09. The maximum Gasteiger partial charge on any atom is 0.205 e. The third-order valence-corrected chi connectivity index (χ3v) is 5.15. The third-order valence-electron chi connectivity index (χ3n) is 5.15. The predicted octanol–water partition coefficient (Wildman–Crippen LogP) is 3.74. The second-order valence-corrected chi connectivity index (χ2v) is 6.23. The Balaban J connectivity index is 2.13. The molecule has 1 aliphatic heterocycles. The molecule has 0 saturated heterocycles. The Kier molecular flexibility index (Phi) is 3.05. The second kappa shape index (κ2) is 4.59. The molecule has 0 radical (unpaired) electrons. The summed E-state index contributed by atoms with van der Waals surface area (Å²) in [5.74, 6) is 1.91. The molecule has 0 aromatic heterocycles. The van der Waals surface area contributed by atoms with E-state index in [4.69, 9.17) is 10.5 Å². The molecule has 19 heavy (non-hydrogen) atoms. The molecule has 3 nitrogen and oxygen atoms in total. The first kappa shape index (κ1) is 12.6. The molecule has 0 aromatic carbocycles. The van der Waals surface area contributed by atoms with Gasteiger partial charge in [0.05, 0.1) is 5.57 Å². The highest BCUT2D eigenvalue weighted by molar-refractivity contribution is 5.45. The quantitative estimate of drug-likeness (QED) is 0.720. The summed E-state index contributed by atoms with van der Waals surface area (Å²) in [4.78, 5) is 0. The van der Waals surface area contributed by atoms with E-state index < -0.39 is 0 Å². The third kappa shape index (κ3) is 1.77. The first-order valence-electron chi connectivity index (χ1n) is 7.51. The van der Waals surface area contributed by atoms with Gasteiger partial charge in [0.1, 0.15) is 11.8 Å². The lowest BCUT2D eigenvalue weighted by molar-refractivity contribution is 0.163. The summed E-state index contributed by atoms with van der Waals surface area (Å²) >= 11 is 0. The first-order chi connectivity index (χ1) is 9.19. The molecule has 0 amide bonds. The molecule has 1 unspecified atom stereocenters. The van der Waals surface area contributed by atoms with Gasteiger partial charge in [-0.1, -0.05) is 26.2 Å². The van der Waals surface area contributed by atoms with Crippen LogP contribution < -0.4 is 5.73 Å². The van der Waals surface area contributed by atoms with Crippen molar-refractivity contribution in [2.75, 3.05) is 0 Å². The Morgan fingerprint density at radius 2 is 2.00 bits per heavy atom. The van der Waals surface area contributed by atoms with Gasteiger partial charge in [-0.2, -0.15) is 5.26 Å². The van der Waals surface area contributed by atoms with Crippen LogP contribution in [-0.2, 0) is 4.74 Å². The Morgan fingerprint density at radius 1 is 1.26 bits per heavy atom. The van der Waals surface area contributed by atoms with Crippen LogP contribution in [0.1, 0.15) is 58.3 Å². The van der Waals surface area contributed by atoms with Gasteiger partial charge in [-0.05, 0) is 37.7 Å². The summed E-state index contributed by atoms with van der Waals surface area (Å²) in [6.45, 7) is 2.22. The van der Waals surface area contributed by atoms with Gasteiger partial charge in [-0.15, -0.1) is 0 Å². The number of hydrogen-bond acceptors (Lipinski definition) is 3. The minimum Gasteiger partial charge on any atom is -0.445 e. The van der Waals surface area contributed by atoms with E-state index in [1.807, 2.05) is 0 Å². The van der Waals surface area contributed by atoms with Crippen molar-refractivity contribution in [2.45, 2.75) is 58.3 Å². The number of nitriles is 1. The van der Waals surface area contributed by atoms with Crippen molar-refractivity contribution in [1.29, 1.82) is 5.26 Å². The minimum atomic E-state index is -0.0840. The van der Waals surface area contributed by atoms with Gasteiger partial charge in [0.2, 0.25) is 5.88 Å². The molecule has 0 aromatic rings. The molecule has 102 valence electrons. The zero-order valence-corrected chi connectivity index (χ0v) is 11.7. The zero-order chi connectivity index (χ0) is 13.5. The molecular weight excluding hydrogens is 236 g/mol. The average Bonchev–Trinajstić information content (AvgIpc) is 2.42. The number of fused-ring (bicyclic) bond motifs is 1. The van der Waals surface area contributed by atoms with Crippen LogP contribution in [0.25, 0.3) is 0 Å². The van der Waals surface area contributed by atoms with Crippen LogP contribution in [0.3, 0.4) is 0 Å². The van der Waals surface area contributed by atoms with E-state index in [9.17, 15) is 5.26 Å². The lowest BCUT2D eigenvalue weighted by Crippen LogP contribution is -2.37. The van der Waals surface area contributed by atoms with Gasteiger partial charge >= 0.3 is 0 Å². The van der Waals surface area contributed by atoms with Crippen LogP contribution in [-0.4, -0.2) is 0 Å². The van der Waals surface area contributed by atoms with E-state index in [-0.39, 0.29) is 5.41 Å². The molecule has 1 fully saturated rings. The molecule has 2 aliphatic carbocycles. The average molecular weight is 258 g/mol. The van der Waals surface area contributed by atoms with Crippen molar-refractivity contribution >= 4 is 0 Å². The fraction of sp³-hybridized carbons (Fsp3) is 0.688. The van der Waals surface area contributed by atoms with Gasteiger partial charge in [0.15, 0.2) is 0 Å². The first-order valence-corrected chi connectivity index (χ1v) is 7.51. The summed E-state index contributed by atoms with van der Waals surface area (Å²) in [6, 6.07) is 2.36. The number of hydrogen-bond donors (Lipinski definition) is 1. The van der Waals surface area contributed by atoms with Crippen LogP contribution in [0.4, 0.5) is 0 Å². The normalized spacial score (nSPS) is 29.8. The van der Waals surface area contributed by atoms with Gasteiger partial charge in [0.25, 0.3) is 0 Å². The topological polar surface area (TPSA) is 59.0 Å². The molecule has 2 N–H and O–H groups in total. The van der Waals surface area contributed by atoms with Crippen LogP contribution >= 0.6 is 0 Å². The predicted molar refractivity (Wildman–Crippen MR) is 73.5 cm³/mol. The van der Waals surface area contributed by atoms with Crippen LogP contribution in [0, 0.1) is 22.7 Å². The van der Waals surface area contributed by atoms with Crippen LogP contribution in [0.2, 0.25) is 0 Å². The van der Waals surface area contributed by atoms with Crippen molar-refractivity contribution in [3.05, 3.63) is 22.8 Å². The van der Waals surface area contributed by atoms with Crippen LogP contribution in [0.15, 0.2) is 22.8 Å². The Labute approximate surface area is 115 Å². The smallest absolute Gasteiger partial charge is 0.205 e. The van der Waals surface area contributed by atoms with Crippen molar-refractivity contribution in [2.24, 2.45) is 17.1 Å². The van der Waals surface area contributed by atoms with E-state index in [0.29, 0.717) is 17.4 Å². The summed E-state index contributed by atoms with van der Waals surface area (Å²) in [5, 5.41) is 9.54. The van der Waals surface area contributed by atoms with E-state index >= 15 is 0 Å². The molecule has 3 heteroatoms. The molecule has 1 saturated carbocycles. The fourth-order valence-corrected chi connectivity index (χ4v) is 4.20. The number of ether oxygens (including phenoxy) is 1. The summed E-state index contributed by atoms with van der Waals surface area (Å²) in [6.07, 6.45) is 9.29. The monoisotopic (exact) mass is 258 g/mol. The molecule has 3 aliphatic rings. The largest absolute Gasteiger partial charge is 0.445 e. The van der Waals surface area contributed by atoms with Crippen molar-refractivity contribution in [1.82, 2.24) is 0 Å². The number of allylic oxidation sites excluding steroid dienone is 3. The van der Waals surface area contributed by atoms with Crippen molar-refractivity contribution in [3.8, 4) is 6.07 Å². The highest BCUT2D eigenvalue weighted by atomic mass is 16.5. The van der Waals surface area contributed by atoms with E-state index in [1.54, 1.807) is 0 Å². The molecule has 1 atom stereocenters. The van der Waals surface area contributed by atoms with Gasteiger partial charge in [-0.25, -0.2) is 0 Å². The van der Waals surface area contributed by atoms with Crippen molar-refractivity contribution in [3.63, 3.8) is 0 Å². The van der Waals surface area contributed by atoms with Crippen molar-refractivity contribution < 1.29 is 4.74 Å². The molecular formula is C16H22N2O. The van der Waals surface area contributed by atoms with Gasteiger partial charge in [0, 0.05) is 11.3 Å². The second-order valence-electron chi connectivity index (χ2n) is 6.23. The molecule has 1 heterocycles. The van der Waals surface area contributed by atoms with E-state index in [1.165, 1.54) is 37.7 Å². The van der Waals surface area contributed by atoms with E-state index in [0.717, 1.165) is 25.0 Å². The number of nitrogens with two attached hydrogens (primary N) is 1. The summed E-state index contributed by atoms with van der Waals surface area (Å²) in [7, 11) is 0. The fourth-order valence-electron chi connectivity index (χ4n) is 4.20. The highest BCUT2D eigenvalue weighted by Crippen LogP contribution is 2.55. The zero-order valence-electron chi connectivity index (χ0n) is 11.7. The minimum absolute atomic E-state index is 0.0840. The lowest BCUT2D eigenvalue weighted by atomic mass is 9.61.